The fraction of sp³-hybridized carbons (Fsp3) is 0.462. The third-order valence-corrected chi connectivity index (χ3v) is 3.67. The molecule has 0 atom stereocenters. The van der Waals surface area contributed by atoms with Crippen molar-refractivity contribution in [3.8, 4) is 10.6 Å². The summed E-state index contributed by atoms with van der Waals surface area (Å²) in [5, 5.41) is 2.20. The van der Waals surface area contributed by atoms with Gasteiger partial charge in [-0.1, -0.05) is 6.92 Å². The van der Waals surface area contributed by atoms with Crippen LogP contribution in [0.2, 0.25) is 0 Å². The molecule has 2 aromatic heterocycles. The van der Waals surface area contributed by atoms with Crippen molar-refractivity contribution < 1.29 is 13.2 Å². The number of rotatable bonds is 5. The summed E-state index contributed by atoms with van der Waals surface area (Å²) in [7, 11) is 0. The van der Waals surface area contributed by atoms with Gasteiger partial charge in [0.2, 0.25) is 0 Å². The predicted molar refractivity (Wildman–Crippen MR) is 76.3 cm³/mol. The first-order valence-corrected chi connectivity index (χ1v) is 7.41. The zero-order chi connectivity index (χ0) is 15.5. The maximum absolute atomic E-state index is 12.6. The third-order valence-electron chi connectivity index (χ3n) is 2.60. The predicted octanol–water partition coefficient (Wildman–Crippen LogP) is 4.00. The maximum Gasteiger partial charge on any atom is 0.443 e. The Kier molecular flexibility index (Phi) is 4.76. The molecule has 0 amide bonds. The van der Waals surface area contributed by atoms with Gasteiger partial charge < -0.3 is 5.32 Å². The number of anilines is 1. The van der Waals surface area contributed by atoms with E-state index in [0.29, 0.717) is 46.5 Å². The van der Waals surface area contributed by atoms with E-state index in [1.54, 1.807) is 6.07 Å². The van der Waals surface area contributed by atoms with E-state index in [0.717, 1.165) is 6.42 Å². The van der Waals surface area contributed by atoms with Crippen LogP contribution in [0.1, 0.15) is 31.1 Å². The van der Waals surface area contributed by atoms with Gasteiger partial charge in [-0.25, -0.2) is 15.0 Å². The first-order chi connectivity index (χ1) is 9.94. The molecule has 0 aliphatic rings. The molecule has 0 unspecified atom stereocenters. The van der Waals surface area contributed by atoms with Crippen molar-refractivity contribution in [2.24, 2.45) is 0 Å². The molecule has 0 fully saturated rings. The van der Waals surface area contributed by atoms with Crippen LogP contribution in [-0.2, 0) is 12.6 Å². The van der Waals surface area contributed by atoms with E-state index in [-0.39, 0.29) is 0 Å². The van der Waals surface area contributed by atoms with Gasteiger partial charge in [0.05, 0.1) is 10.6 Å². The van der Waals surface area contributed by atoms with Crippen LogP contribution in [0.3, 0.4) is 0 Å². The van der Waals surface area contributed by atoms with E-state index in [1.165, 1.54) is 6.20 Å². The summed E-state index contributed by atoms with van der Waals surface area (Å²) in [4.78, 5) is 12.5. The number of alkyl halides is 3. The molecule has 2 rings (SSSR count). The highest BCUT2D eigenvalue weighted by molar-refractivity contribution is 7.15. The van der Waals surface area contributed by atoms with Crippen LogP contribution in [-0.4, -0.2) is 21.5 Å². The smallest absolute Gasteiger partial charge is 0.370 e. The summed E-state index contributed by atoms with van der Waals surface area (Å²) in [5.41, 5.74) is 0.470. The number of aryl methyl sites for hydroxylation is 1. The zero-order valence-corrected chi connectivity index (χ0v) is 12.5. The maximum atomic E-state index is 12.6. The molecule has 0 saturated heterocycles. The van der Waals surface area contributed by atoms with Gasteiger partial charge in [0.1, 0.15) is 11.6 Å². The minimum atomic E-state index is -4.42. The Labute approximate surface area is 124 Å². The largest absolute Gasteiger partial charge is 0.443 e. The molecule has 1 N–H and O–H groups in total. The van der Waals surface area contributed by atoms with E-state index in [1.807, 2.05) is 13.8 Å². The van der Waals surface area contributed by atoms with Crippen LogP contribution in [0.15, 0.2) is 12.3 Å². The number of nitrogens with one attached hydrogen (secondary N) is 1. The molecule has 2 heterocycles. The lowest BCUT2D eigenvalue weighted by Gasteiger charge is -2.07. The molecule has 8 heteroatoms. The van der Waals surface area contributed by atoms with E-state index in [2.05, 4.69) is 20.3 Å². The van der Waals surface area contributed by atoms with Crippen LogP contribution >= 0.6 is 11.3 Å². The lowest BCUT2D eigenvalue weighted by molar-refractivity contribution is -0.137. The highest BCUT2D eigenvalue weighted by atomic mass is 32.1. The summed E-state index contributed by atoms with van der Waals surface area (Å²) in [6.07, 6.45) is -1.67. The van der Waals surface area contributed by atoms with Crippen LogP contribution in [0.4, 0.5) is 19.0 Å². The molecule has 0 aromatic carbocycles. The average molecular weight is 316 g/mol. The Morgan fingerprint density at radius 3 is 2.57 bits per heavy atom. The summed E-state index contributed by atoms with van der Waals surface area (Å²) < 4.78 is 37.9. The fourth-order valence-electron chi connectivity index (χ4n) is 1.75. The Bertz CT molecular complexity index is 585. The highest BCUT2D eigenvalue weighted by Crippen LogP contribution is 2.36. The standard InChI is InChI=1S/C13H15F3N4S/c1-3-5-10-19-8(6-11(20-10)17-4-2)9-7-18-12(21-9)13(14,15)16/h6-7H,3-5H2,1-2H3,(H,17,19,20). The minimum absolute atomic E-state index is 0.390. The molecule has 0 bridgehead atoms. The second-order valence-corrected chi connectivity index (χ2v) is 5.39. The van der Waals surface area contributed by atoms with Crippen LogP contribution in [0.5, 0.6) is 0 Å². The van der Waals surface area contributed by atoms with Gasteiger partial charge in [-0.15, -0.1) is 11.3 Å². The first-order valence-electron chi connectivity index (χ1n) is 6.59. The summed E-state index contributed by atoms with van der Waals surface area (Å²) in [6, 6.07) is 1.65. The van der Waals surface area contributed by atoms with Gasteiger partial charge >= 0.3 is 6.18 Å². The molecule has 0 aliphatic heterocycles. The Balaban J connectivity index is 2.39. The normalized spacial score (nSPS) is 11.7. The average Bonchev–Trinajstić information content (AvgIpc) is 2.88. The molecule has 0 aliphatic carbocycles. The molecule has 0 spiro atoms. The zero-order valence-electron chi connectivity index (χ0n) is 11.7. The summed E-state index contributed by atoms with van der Waals surface area (Å²) in [6.45, 7) is 4.60. The molecular weight excluding hydrogens is 301 g/mol. The second kappa shape index (κ2) is 6.38. The Morgan fingerprint density at radius 1 is 1.24 bits per heavy atom. The van der Waals surface area contributed by atoms with Crippen molar-refractivity contribution in [2.75, 3.05) is 11.9 Å². The van der Waals surface area contributed by atoms with Crippen molar-refractivity contribution in [3.63, 3.8) is 0 Å². The Morgan fingerprint density at radius 2 is 2.00 bits per heavy atom. The molecule has 4 nitrogen and oxygen atoms in total. The molecular formula is C13H15F3N4S. The number of aromatic nitrogens is 3. The molecule has 0 saturated carbocycles. The van der Waals surface area contributed by atoms with Crippen molar-refractivity contribution >= 4 is 17.2 Å². The van der Waals surface area contributed by atoms with Crippen LogP contribution in [0.25, 0.3) is 10.6 Å². The summed E-state index contributed by atoms with van der Waals surface area (Å²) in [5.74, 6) is 1.24. The highest BCUT2D eigenvalue weighted by Gasteiger charge is 2.34. The van der Waals surface area contributed by atoms with Crippen molar-refractivity contribution in [2.45, 2.75) is 32.9 Å². The lowest BCUT2D eigenvalue weighted by atomic mass is 10.3. The topological polar surface area (TPSA) is 50.7 Å². The monoisotopic (exact) mass is 316 g/mol. The van der Waals surface area contributed by atoms with Crippen molar-refractivity contribution in [3.05, 3.63) is 23.1 Å². The summed E-state index contributed by atoms with van der Waals surface area (Å²) >= 11 is 0.592. The van der Waals surface area contributed by atoms with Gasteiger partial charge in [0.25, 0.3) is 0 Å². The Hall–Kier alpha value is -1.70. The number of halogens is 3. The van der Waals surface area contributed by atoms with Gasteiger partial charge in [-0.2, -0.15) is 13.2 Å². The van der Waals surface area contributed by atoms with Crippen LogP contribution in [0, 0.1) is 0 Å². The van der Waals surface area contributed by atoms with E-state index in [4.69, 9.17) is 0 Å². The van der Waals surface area contributed by atoms with Crippen LogP contribution < -0.4 is 5.32 Å². The molecule has 0 radical (unpaired) electrons. The van der Waals surface area contributed by atoms with Crippen molar-refractivity contribution in [1.82, 2.24) is 15.0 Å². The quantitative estimate of drug-likeness (QED) is 0.906. The minimum Gasteiger partial charge on any atom is -0.370 e. The lowest BCUT2D eigenvalue weighted by Crippen LogP contribution is -2.04. The van der Waals surface area contributed by atoms with E-state index in [9.17, 15) is 13.2 Å². The fourth-order valence-corrected chi connectivity index (χ4v) is 2.50. The molecule has 114 valence electrons. The van der Waals surface area contributed by atoms with Gasteiger partial charge in [-0.05, 0) is 13.3 Å². The second-order valence-electron chi connectivity index (χ2n) is 4.36. The van der Waals surface area contributed by atoms with Gasteiger partial charge in [-0.3, -0.25) is 0 Å². The first kappa shape index (κ1) is 15.7. The van der Waals surface area contributed by atoms with E-state index >= 15 is 0 Å². The third kappa shape index (κ3) is 3.90. The number of thiazole rings is 1. The number of hydrogen-bond donors (Lipinski definition) is 1. The SMILES string of the molecule is CCCc1nc(NCC)cc(-c2cnc(C(F)(F)F)s2)n1. The van der Waals surface area contributed by atoms with Crippen molar-refractivity contribution in [1.29, 1.82) is 0 Å². The number of hydrogen-bond acceptors (Lipinski definition) is 5. The van der Waals surface area contributed by atoms with Gasteiger partial charge in [0.15, 0.2) is 5.01 Å². The molecule has 2 aromatic rings. The van der Waals surface area contributed by atoms with Gasteiger partial charge in [0, 0.05) is 25.2 Å². The molecule has 21 heavy (non-hydrogen) atoms. The van der Waals surface area contributed by atoms with E-state index < -0.39 is 11.2 Å². The number of nitrogens with zero attached hydrogens (tertiary/aromatic N) is 3.